The van der Waals surface area contributed by atoms with Crippen LogP contribution in [0, 0.1) is 0 Å². The SMILES string of the molecule is COc1cc2[nH]cc(C(=O)NCCc3c[nH]c4ccccc34)c2cc1OC. The van der Waals surface area contributed by atoms with E-state index in [1.165, 1.54) is 10.9 Å². The highest BCUT2D eigenvalue weighted by Crippen LogP contribution is 2.33. The molecule has 6 nitrogen and oxygen atoms in total. The van der Waals surface area contributed by atoms with Gasteiger partial charge in [0, 0.05) is 41.3 Å². The Hall–Kier alpha value is -3.41. The molecule has 0 spiro atoms. The summed E-state index contributed by atoms with van der Waals surface area (Å²) >= 11 is 0. The summed E-state index contributed by atoms with van der Waals surface area (Å²) in [4.78, 5) is 19.0. The monoisotopic (exact) mass is 363 g/mol. The van der Waals surface area contributed by atoms with E-state index in [0.717, 1.165) is 22.8 Å². The lowest BCUT2D eigenvalue weighted by atomic mass is 10.1. The number of aromatic nitrogens is 2. The maximum Gasteiger partial charge on any atom is 0.253 e. The molecule has 0 fully saturated rings. The highest BCUT2D eigenvalue weighted by molar-refractivity contribution is 6.07. The van der Waals surface area contributed by atoms with Crippen LogP contribution in [0.25, 0.3) is 21.8 Å². The summed E-state index contributed by atoms with van der Waals surface area (Å²) in [5.74, 6) is 1.10. The zero-order valence-corrected chi connectivity index (χ0v) is 15.3. The molecule has 138 valence electrons. The Kier molecular flexibility index (Phi) is 4.46. The minimum Gasteiger partial charge on any atom is -0.493 e. The van der Waals surface area contributed by atoms with Gasteiger partial charge in [-0.1, -0.05) is 18.2 Å². The molecule has 2 aromatic heterocycles. The van der Waals surface area contributed by atoms with E-state index in [2.05, 4.69) is 21.4 Å². The van der Waals surface area contributed by atoms with E-state index < -0.39 is 0 Å². The molecule has 27 heavy (non-hydrogen) atoms. The Labute approximate surface area is 156 Å². The van der Waals surface area contributed by atoms with Crippen molar-refractivity contribution in [1.82, 2.24) is 15.3 Å². The molecule has 0 aliphatic carbocycles. The Morgan fingerprint density at radius 3 is 2.52 bits per heavy atom. The first kappa shape index (κ1) is 17.0. The number of carbonyl (C=O) groups is 1. The molecule has 6 heteroatoms. The van der Waals surface area contributed by atoms with Crippen molar-refractivity contribution in [3.8, 4) is 11.5 Å². The number of nitrogens with one attached hydrogen (secondary N) is 3. The van der Waals surface area contributed by atoms with Crippen molar-refractivity contribution >= 4 is 27.7 Å². The standard InChI is InChI=1S/C21H21N3O3/c1-26-19-9-15-16(12-24-18(15)10-20(19)27-2)21(25)22-8-7-13-11-23-17-6-4-3-5-14(13)17/h3-6,9-12,23-24H,7-8H2,1-2H3,(H,22,25). The fourth-order valence-corrected chi connectivity index (χ4v) is 3.38. The van der Waals surface area contributed by atoms with Crippen molar-refractivity contribution < 1.29 is 14.3 Å². The zero-order valence-electron chi connectivity index (χ0n) is 15.3. The quantitative estimate of drug-likeness (QED) is 0.489. The van der Waals surface area contributed by atoms with E-state index in [1.54, 1.807) is 20.4 Å². The Bertz CT molecular complexity index is 1110. The molecule has 0 aliphatic rings. The average Bonchev–Trinajstić information content (AvgIpc) is 3.30. The second kappa shape index (κ2) is 7.07. The van der Waals surface area contributed by atoms with Crippen LogP contribution in [0.2, 0.25) is 0 Å². The lowest BCUT2D eigenvalue weighted by Crippen LogP contribution is -2.25. The molecule has 3 N–H and O–H groups in total. The van der Waals surface area contributed by atoms with Crippen LogP contribution in [0.1, 0.15) is 15.9 Å². The number of hydrogen-bond donors (Lipinski definition) is 3. The van der Waals surface area contributed by atoms with E-state index in [9.17, 15) is 4.79 Å². The van der Waals surface area contributed by atoms with Gasteiger partial charge in [-0.2, -0.15) is 0 Å². The van der Waals surface area contributed by atoms with E-state index in [1.807, 2.05) is 36.5 Å². The van der Waals surface area contributed by atoms with Crippen LogP contribution in [0.3, 0.4) is 0 Å². The maximum absolute atomic E-state index is 12.7. The number of fused-ring (bicyclic) bond motifs is 2. The van der Waals surface area contributed by atoms with Gasteiger partial charge in [0.25, 0.3) is 5.91 Å². The summed E-state index contributed by atoms with van der Waals surface area (Å²) in [5, 5.41) is 4.99. The number of benzene rings is 2. The van der Waals surface area contributed by atoms with Crippen LogP contribution >= 0.6 is 0 Å². The van der Waals surface area contributed by atoms with Gasteiger partial charge < -0.3 is 24.8 Å². The predicted molar refractivity (Wildman–Crippen MR) is 106 cm³/mol. The molecule has 1 amide bonds. The Morgan fingerprint density at radius 2 is 1.70 bits per heavy atom. The van der Waals surface area contributed by atoms with E-state index in [-0.39, 0.29) is 5.91 Å². The van der Waals surface area contributed by atoms with Gasteiger partial charge in [0.1, 0.15) is 0 Å². The molecule has 0 bridgehead atoms. The number of ether oxygens (including phenoxy) is 2. The van der Waals surface area contributed by atoms with E-state index in [0.29, 0.717) is 23.6 Å². The summed E-state index contributed by atoms with van der Waals surface area (Å²) in [6.07, 6.45) is 4.47. The molecule has 0 unspecified atom stereocenters. The van der Waals surface area contributed by atoms with Crippen molar-refractivity contribution in [2.75, 3.05) is 20.8 Å². The number of carbonyl (C=O) groups excluding carboxylic acids is 1. The third-order valence-electron chi connectivity index (χ3n) is 4.79. The molecular weight excluding hydrogens is 342 g/mol. The Morgan fingerprint density at radius 1 is 0.963 bits per heavy atom. The van der Waals surface area contributed by atoms with Crippen LogP contribution in [0.15, 0.2) is 48.8 Å². The first-order chi connectivity index (χ1) is 13.2. The largest absolute Gasteiger partial charge is 0.493 e. The number of para-hydroxylation sites is 1. The van der Waals surface area contributed by atoms with Crippen molar-refractivity contribution in [2.24, 2.45) is 0 Å². The predicted octanol–water partition coefficient (Wildman–Crippen LogP) is 3.64. The number of aromatic amines is 2. The highest BCUT2D eigenvalue weighted by atomic mass is 16.5. The van der Waals surface area contributed by atoms with Crippen molar-refractivity contribution in [1.29, 1.82) is 0 Å². The number of methoxy groups -OCH3 is 2. The molecule has 4 aromatic rings. The van der Waals surface area contributed by atoms with Crippen molar-refractivity contribution in [2.45, 2.75) is 6.42 Å². The molecule has 2 aromatic carbocycles. The zero-order chi connectivity index (χ0) is 18.8. The molecule has 4 rings (SSSR count). The van der Waals surface area contributed by atoms with Gasteiger partial charge in [-0.3, -0.25) is 4.79 Å². The summed E-state index contributed by atoms with van der Waals surface area (Å²) in [7, 11) is 3.17. The van der Waals surface area contributed by atoms with E-state index >= 15 is 0 Å². The van der Waals surface area contributed by atoms with Crippen molar-refractivity contribution in [3.05, 3.63) is 59.9 Å². The van der Waals surface area contributed by atoms with Gasteiger partial charge in [-0.25, -0.2) is 0 Å². The van der Waals surface area contributed by atoms with Gasteiger partial charge in [0.2, 0.25) is 0 Å². The minimum atomic E-state index is -0.117. The fraction of sp³-hybridized carbons (Fsp3) is 0.190. The smallest absolute Gasteiger partial charge is 0.253 e. The van der Waals surface area contributed by atoms with Crippen molar-refractivity contribution in [3.63, 3.8) is 0 Å². The third kappa shape index (κ3) is 3.10. The number of amides is 1. The molecule has 0 aliphatic heterocycles. The number of H-pyrrole nitrogens is 2. The summed E-state index contributed by atoms with van der Waals surface area (Å²) in [6.45, 7) is 0.556. The molecular formula is C21H21N3O3. The number of rotatable bonds is 6. The summed E-state index contributed by atoms with van der Waals surface area (Å²) < 4.78 is 10.7. The number of hydrogen-bond acceptors (Lipinski definition) is 3. The second-order valence-corrected chi connectivity index (χ2v) is 6.32. The van der Waals surface area contributed by atoms with E-state index in [4.69, 9.17) is 9.47 Å². The van der Waals surface area contributed by atoms with Crippen LogP contribution < -0.4 is 14.8 Å². The molecule has 2 heterocycles. The molecule has 0 saturated carbocycles. The Balaban J connectivity index is 1.50. The fourth-order valence-electron chi connectivity index (χ4n) is 3.38. The van der Waals surface area contributed by atoms with Gasteiger partial charge >= 0.3 is 0 Å². The molecule has 0 atom stereocenters. The third-order valence-corrected chi connectivity index (χ3v) is 4.79. The molecule has 0 saturated heterocycles. The molecule has 0 radical (unpaired) electrons. The first-order valence-electron chi connectivity index (χ1n) is 8.77. The van der Waals surface area contributed by atoms with Gasteiger partial charge in [-0.05, 0) is 24.1 Å². The first-order valence-corrected chi connectivity index (χ1v) is 8.77. The summed E-state index contributed by atoms with van der Waals surface area (Å²) in [6, 6.07) is 11.8. The van der Waals surface area contributed by atoms with Gasteiger partial charge in [0.15, 0.2) is 11.5 Å². The average molecular weight is 363 g/mol. The van der Waals surface area contributed by atoms with Crippen LogP contribution in [-0.2, 0) is 6.42 Å². The lowest BCUT2D eigenvalue weighted by molar-refractivity contribution is 0.0956. The van der Waals surface area contributed by atoms with Crippen LogP contribution in [-0.4, -0.2) is 36.6 Å². The maximum atomic E-state index is 12.7. The highest BCUT2D eigenvalue weighted by Gasteiger charge is 2.15. The normalized spacial score (nSPS) is 11.0. The summed E-state index contributed by atoms with van der Waals surface area (Å²) in [5.41, 5.74) is 3.71. The lowest BCUT2D eigenvalue weighted by Gasteiger charge is -2.08. The second-order valence-electron chi connectivity index (χ2n) is 6.32. The minimum absolute atomic E-state index is 0.117. The topological polar surface area (TPSA) is 79.1 Å². The van der Waals surface area contributed by atoms with Gasteiger partial charge in [0.05, 0.1) is 25.3 Å². The van der Waals surface area contributed by atoms with Crippen LogP contribution in [0.5, 0.6) is 11.5 Å². The van der Waals surface area contributed by atoms with Gasteiger partial charge in [-0.15, -0.1) is 0 Å². The van der Waals surface area contributed by atoms with Crippen LogP contribution in [0.4, 0.5) is 0 Å².